The Bertz CT molecular complexity index is 892. The van der Waals surface area contributed by atoms with Crippen molar-refractivity contribution in [2.24, 2.45) is 11.8 Å². The molecule has 4 fully saturated rings. The summed E-state index contributed by atoms with van der Waals surface area (Å²) in [6.45, 7) is 4.15. The number of hydrogen-bond donors (Lipinski definition) is 1. The molecule has 10 heteroatoms. The third-order valence-corrected chi connectivity index (χ3v) is 9.83. The summed E-state index contributed by atoms with van der Waals surface area (Å²) >= 11 is 0. The average Bonchev–Trinajstić information content (AvgIpc) is 2.82. The molecule has 3 saturated carbocycles. The van der Waals surface area contributed by atoms with Crippen LogP contribution >= 0.6 is 0 Å². The molecule has 4 aliphatic rings. The molecular formula is C26H45N3O6S. The maximum Gasteiger partial charge on any atom is 0.410 e. The predicted molar refractivity (Wildman–Crippen MR) is 137 cm³/mol. The highest BCUT2D eigenvalue weighted by atomic mass is 32.2. The maximum atomic E-state index is 13.4. The molecule has 0 bridgehead atoms. The first-order valence-corrected chi connectivity index (χ1v) is 15.7. The van der Waals surface area contributed by atoms with E-state index >= 15 is 0 Å². The van der Waals surface area contributed by atoms with E-state index < -0.39 is 10.0 Å². The summed E-state index contributed by atoms with van der Waals surface area (Å²) in [5.41, 5.74) is 0. The monoisotopic (exact) mass is 527 g/mol. The number of nitrogens with zero attached hydrogens (tertiary/aromatic N) is 2. The smallest absolute Gasteiger partial charge is 0.410 e. The second-order valence-corrected chi connectivity index (χ2v) is 13.4. The topological polar surface area (TPSA) is 105 Å². The van der Waals surface area contributed by atoms with Gasteiger partial charge < -0.3 is 19.3 Å². The quantitative estimate of drug-likeness (QED) is 0.588. The van der Waals surface area contributed by atoms with Crippen LogP contribution in [0, 0.1) is 11.8 Å². The average molecular weight is 528 g/mol. The molecule has 1 N–H and O–H groups in total. The molecule has 0 aromatic heterocycles. The third-order valence-electron chi connectivity index (χ3n) is 9.10. The van der Waals surface area contributed by atoms with Gasteiger partial charge >= 0.3 is 6.09 Å². The van der Waals surface area contributed by atoms with Crippen molar-refractivity contribution in [3.63, 3.8) is 0 Å². The lowest BCUT2D eigenvalue weighted by molar-refractivity contribution is -0.143. The molecular weight excluding hydrogens is 482 g/mol. The van der Waals surface area contributed by atoms with Crippen LogP contribution in [0.3, 0.4) is 0 Å². The van der Waals surface area contributed by atoms with E-state index in [0.717, 1.165) is 64.2 Å². The number of hydrogen-bond acceptors (Lipinski definition) is 6. The minimum absolute atomic E-state index is 0.00154. The fraction of sp³-hybridized carbons (Fsp3) is 0.923. The standard InChI is InChI=1S/C26H45N3O6S/c1-17-16-28(26(31)35-21-8-6-5-7-9-21)24-15-20(10-12-23(24)29(17)18(2)30)19-11-13-25(34-3)22(14-19)27-36(4,32)33/h17,19-25,27H,5-16H2,1-4H3/t17-,19?,20?,22?,23?,24?,25?/m0/s1. The third kappa shape index (κ3) is 6.35. The number of rotatable bonds is 5. The zero-order valence-corrected chi connectivity index (χ0v) is 23.2. The predicted octanol–water partition coefficient (Wildman–Crippen LogP) is 3.28. The Kier molecular flexibility index (Phi) is 8.87. The Balaban J connectivity index is 1.50. The summed E-state index contributed by atoms with van der Waals surface area (Å²) in [5.74, 6) is 0.771. The molecule has 36 heavy (non-hydrogen) atoms. The molecule has 3 aliphatic carbocycles. The van der Waals surface area contributed by atoms with Gasteiger partial charge in [0.05, 0.1) is 24.4 Å². The first-order chi connectivity index (χ1) is 17.1. The summed E-state index contributed by atoms with van der Waals surface area (Å²) in [6, 6.07) is -0.350. The molecule has 7 atom stereocenters. The zero-order valence-electron chi connectivity index (χ0n) is 22.4. The van der Waals surface area contributed by atoms with Crippen LogP contribution in [0.2, 0.25) is 0 Å². The van der Waals surface area contributed by atoms with E-state index in [-0.39, 0.29) is 48.4 Å². The summed E-state index contributed by atoms with van der Waals surface area (Å²) in [5, 5.41) is 0. The van der Waals surface area contributed by atoms with E-state index in [4.69, 9.17) is 9.47 Å². The van der Waals surface area contributed by atoms with E-state index in [1.807, 2.05) is 16.7 Å². The van der Waals surface area contributed by atoms with Gasteiger partial charge in [0.25, 0.3) is 0 Å². The Morgan fingerprint density at radius 3 is 2.22 bits per heavy atom. The number of carbonyl (C=O) groups excluding carboxylic acids is 2. The van der Waals surface area contributed by atoms with E-state index in [1.54, 1.807) is 14.0 Å². The first-order valence-electron chi connectivity index (χ1n) is 13.8. The number of fused-ring (bicyclic) bond motifs is 1. The molecule has 4 rings (SSSR count). The molecule has 9 nitrogen and oxygen atoms in total. The maximum absolute atomic E-state index is 13.4. The van der Waals surface area contributed by atoms with Gasteiger partial charge in [-0.1, -0.05) is 6.42 Å². The fourth-order valence-electron chi connectivity index (χ4n) is 7.52. The van der Waals surface area contributed by atoms with Crippen molar-refractivity contribution in [3.8, 4) is 0 Å². The van der Waals surface area contributed by atoms with Crippen LogP contribution in [-0.4, -0.2) is 86.5 Å². The molecule has 0 spiro atoms. The minimum Gasteiger partial charge on any atom is -0.446 e. The minimum atomic E-state index is -3.34. The van der Waals surface area contributed by atoms with Gasteiger partial charge in [-0.3, -0.25) is 4.79 Å². The van der Waals surface area contributed by atoms with Crippen LogP contribution in [-0.2, 0) is 24.3 Å². The highest BCUT2D eigenvalue weighted by molar-refractivity contribution is 7.88. The van der Waals surface area contributed by atoms with Crippen LogP contribution in [0.15, 0.2) is 0 Å². The number of amides is 2. The molecule has 1 saturated heterocycles. The second-order valence-electron chi connectivity index (χ2n) is 11.6. The number of nitrogens with one attached hydrogen (secondary N) is 1. The van der Waals surface area contributed by atoms with Crippen LogP contribution in [0.5, 0.6) is 0 Å². The molecule has 2 amide bonds. The van der Waals surface area contributed by atoms with Crippen LogP contribution < -0.4 is 4.72 Å². The van der Waals surface area contributed by atoms with Crippen molar-refractivity contribution in [1.82, 2.24) is 14.5 Å². The van der Waals surface area contributed by atoms with E-state index in [0.29, 0.717) is 18.4 Å². The molecule has 6 unspecified atom stereocenters. The van der Waals surface area contributed by atoms with Gasteiger partial charge in [0.15, 0.2) is 0 Å². The Morgan fingerprint density at radius 1 is 0.917 bits per heavy atom. The second kappa shape index (κ2) is 11.6. The van der Waals surface area contributed by atoms with Gasteiger partial charge in [-0.15, -0.1) is 0 Å². The van der Waals surface area contributed by atoms with Crippen molar-refractivity contribution in [3.05, 3.63) is 0 Å². The van der Waals surface area contributed by atoms with Crippen molar-refractivity contribution >= 4 is 22.0 Å². The molecule has 1 heterocycles. The normalized spacial score (nSPS) is 36.3. The van der Waals surface area contributed by atoms with Gasteiger partial charge in [-0.2, -0.15) is 0 Å². The first kappa shape index (κ1) is 27.6. The van der Waals surface area contributed by atoms with Gasteiger partial charge in [-0.05, 0) is 83.0 Å². The number of carbonyl (C=O) groups is 2. The van der Waals surface area contributed by atoms with E-state index in [2.05, 4.69) is 4.72 Å². The fourth-order valence-corrected chi connectivity index (χ4v) is 8.31. The Labute approximate surface area is 216 Å². The summed E-state index contributed by atoms with van der Waals surface area (Å²) < 4.78 is 38.4. The lowest BCUT2D eigenvalue weighted by Crippen LogP contribution is -2.67. The molecule has 0 aromatic rings. The van der Waals surface area contributed by atoms with Gasteiger partial charge in [0, 0.05) is 32.7 Å². The number of methoxy groups -OCH3 is 1. The summed E-state index contributed by atoms with van der Waals surface area (Å²) in [7, 11) is -1.70. The Hall–Kier alpha value is -1.39. The van der Waals surface area contributed by atoms with Gasteiger partial charge in [-0.25, -0.2) is 17.9 Å². The van der Waals surface area contributed by atoms with Gasteiger partial charge in [0.1, 0.15) is 6.10 Å². The highest BCUT2D eigenvalue weighted by Crippen LogP contribution is 2.43. The van der Waals surface area contributed by atoms with Crippen molar-refractivity contribution in [2.45, 2.75) is 121 Å². The van der Waals surface area contributed by atoms with Crippen molar-refractivity contribution in [1.29, 1.82) is 0 Å². The summed E-state index contributed by atoms with van der Waals surface area (Å²) in [4.78, 5) is 29.9. The number of ether oxygens (including phenoxy) is 2. The summed E-state index contributed by atoms with van der Waals surface area (Å²) in [6.07, 6.45) is 11.3. The lowest BCUT2D eigenvalue weighted by Gasteiger charge is -2.54. The van der Waals surface area contributed by atoms with E-state index in [9.17, 15) is 18.0 Å². The highest BCUT2D eigenvalue weighted by Gasteiger charge is 2.49. The van der Waals surface area contributed by atoms with Crippen LogP contribution in [0.4, 0.5) is 4.79 Å². The largest absolute Gasteiger partial charge is 0.446 e. The van der Waals surface area contributed by atoms with E-state index in [1.165, 1.54) is 12.7 Å². The number of sulfonamides is 1. The zero-order chi connectivity index (χ0) is 26.0. The SMILES string of the molecule is COC1CCC(C2CCC3C(C2)N(C(=O)OC2CCCCC2)C[C@H](C)N3C(C)=O)CC1NS(C)(=O)=O. The van der Waals surface area contributed by atoms with Gasteiger partial charge in [0.2, 0.25) is 15.9 Å². The van der Waals surface area contributed by atoms with Crippen LogP contribution in [0.1, 0.15) is 84.5 Å². The molecule has 0 radical (unpaired) electrons. The van der Waals surface area contributed by atoms with Crippen LogP contribution in [0.25, 0.3) is 0 Å². The molecule has 0 aromatic carbocycles. The lowest BCUT2D eigenvalue weighted by atomic mass is 9.68. The molecule has 206 valence electrons. The Morgan fingerprint density at radius 2 is 1.58 bits per heavy atom. The molecule has 1 aliphatic heterocycles. The van der Waals surface area contributed by atoms with Crippen molar-refractivity contribution < 1.29 is 27.5 Å². The number of piperazine rings is 1. The van der Waals surface area contributed by atoms with Crippen molar-refractivity contribution in [2.75, 3.05) is 19.9 Å².